The summed E-state index contributed by atoms with van der Waals surface area (Å²) in [6.45, 7) is 1.28. The van der Waals surface area contributed by atoms with Gasteiger partial charge in [-0.3, -0.25) is 4.79 Å². The summed E-state index contributed by atoms with van der Waals surface area (Å²) < 4.78 is 42.5. The Morgan fingerprint density at radius 2 is 1.94 bits per heavy atom. The Hall–Kier alpha value is -0.790. The second-order valence-corrected chi connectivity index (χ2v) is 4.25. The van der Waals surface area contributed by atoms with Gasteiger partial charge in [0.05, 0.1) is 18.2 Å². The smallest absolute Gasteiger partial charge is 0.416 e. The van der Waals surface area contributed by atoms with E-state index in [0.717, 1.165) is 12.1 Å². The molecule has 0 heterocycles. The number of hydrogen-bond donors (Lipinski definition) is 0. The van der Waals surface area contributed by atoms with E-state index in [0.29, 0.717) is 0 Å². The predicted octanol–water partition coefficient (Wildman–Crippen LogP) is 3.52. The number of rotatable bonds is 2. The Kier molecular flexibility index (Phi) is 3.82. The van der Waals surface area contributed by atoms with E-state index in [2.05, 4.69) is 0 Å². The van der Waals surface area contributed by atoms with E-state index in [4.69, 9.17) is 4.74 Å². The molecular formula is C10H8F3IO2. The fourth-order valence-corrected chi connectivity index (χ4v) is 2.23. The van der Waals surface area contributed by atoms with Gasteiger partial charge >= 0.3 is 6.18 Å². The zero-order valence-corrected chi connectivity index (χ0v) is 10.6. The number of methoxy groups -OCH3 is 1. The summed E-state index contributed by atoms with van der Waals surface area (Å²) in [4.78, 5) is 11.2. The first-order valence-corrected chi connectivity index (χ1v) is 5.31. The number of carbonyl (C=O) groups is 1. The summed E-state index contributed by atoms with van der Waals surface area (Å²) in [5.74, 6) is -0.373. The van der Waals surface area contributed by atoms with Gasteiger partial charge < -0.3 is 4.74 Å². The van der Waals surface area contributed by atoms with Crippen LogP contribution in [0.25, 0.3) is 0 Å². The van der Waals surface area contributed by atoms with E-state index in [1.807, 2.05) is 0 Å². The number of hydrogen-bond acceptors (Lipinski definition) is 2. The molecule has 0 aliphatic rings. The Bertz CT molecular complexity index is 427. The van der Waals surface area contributed by atoms with Crippen molar-refractivity contribution in [2.75, 3.05) is 7.11 Å². The van der Waals surface area contributed by atoms with Gasteiger partial charge in [-0.25, -0.2) is 0 Å². The largest absolute Gasteiger partial charge is 0.496 e. The number of alkyl halides is 3. The van der Waals surface area contributed by atoms with Crippen molar-refractivity contribution >= 4 is 28.4 Å². The van der Waals surface area contributed by atoms with Crippen molar-refractivity contribution in [1.82, 2.24) is 0 Å². The second kappa shape index (κ2) is 4.60. The van der Waals surface area contributed by atoms with Crippen LogP contribution in [-0.2, 0) is 6.18 Å². The maximum Gasteiger partial charge on any atom is 0.416 e. The molecule has 2 nitrogen and oxygen atoms in total. The highest BCUT2D eigenvalue weighted by Gasteiger charge is 2.32. The number of benzene rings is 1. The SMILES string of the molecule is COc1cc(C(F)(F)F)cc(I)c1C(C)=O. The van der Waals surface area contributed by atoms with Crippen molar-refractivity contribution in [3.63, 3.8) is 0 Å². The summed E-state index contributed by atoms with van der Waals surface area (Å²) in [5, 5.41) is 0. The summed E-state index contributed by atoms with van der Waals surface area (Å²) in [5.41, 5.74) is -0.644. The van der Waals surface area contributed by atoms with Gasteiger partial charge in [-0.1, -0.05) is 0 Å². The molecular weight excluding hydrogens is 336 g/mol. The lowest BCUT2D eigenvalue weighted by atomic mass is 10.1. The fraction of sp³-hybridized carbons (Fsp3) is 0.300. The molecule has 16 heavy (non-hydrogen) atoms. The normalized spacial score (nSPS) is 11.4. The molecule has 0 unspecified atom stereocenters. The molecule has 0 spiro atoms. The van der Waals surface area contributed by atoms with E-state index in [1.54, 1.807) is 22.6 Å². The first-order chi connectivity index (χ1) is 7.27. The van der Waals surface area contributed by atoms with Gasteiger partial charge in [-0.2, -0.15) is 13.2 Å². The standard InChI is InChI=1S/C10H8F3IO2/c1-5(15)9-7(14)3-6(10(11,12)13)4-8(9)16-2/h3-4H,1-2H3. The summed E-state index contributed by atoms with van der Waals surface area (Å²) in [6, 6.07) is 1.76. The first kappa shape index (κ1) is 13.3. The molecule has 0 N–H and O–H groups in total. The van der Waals surface area contributed by atoms with Crippen LogP contribution in [0, 0.1) is 3.57 Å². The minimum absolute atomic E-state index is 0.0493. The monoisotopic (exact) mass is 344 g/mol. The Morgan fingerprint density at radius 1 is 1.38 bits per heavy atom. The number of halogens is 4. The van der Waals surface area contributed by atoms with Crippen LogP contribution in [0.5, 0.6) is 5.75 Å². The van der Waals surface area contributed by atoms with Crippen molar-refractivity contribution in [1.29, 1.82) is 0 Å². The lowest BCUT2D eigenvalue weighted by Gasteiger charge is -2.13. The van der Waals surface area contributed by atoms with Crippen molar-refractivity contribution in [2.45, 2.75) is 13.1 Å². The Labute approximate surface area is 104 Å². The average molecular weight is 344 g/mol. The molecule has 0 fully saturated rings. The molecule has 1 aromatic rings. The maximum absolute atomic E-state index is 12.5. The topological polar surface area (TPSA) is 26.3 Å². The molecule has 1 rings (SSSR count). The molecule has 0 aliphatic heterocycles. The van der Waals surface area contributed by atoms with Gasteiger partial charge in [0.15, 0.2) is 5.78 Å². The minimum atomic E-state index is -4.44. The predicted molar refractivity (Wildman–Crippen MR) is 60.7 cm³/mol. The summed E-state index contributed by atoms with van der Waals surface area (Å²) in [6.07, 6.45) is -4.44. The van der Waals surface area contributed by atoms with Crippen LogP contribution in [0.4, 0.5) is 13.2 Å². The first-order valence-electron chi connectivity index (χ1n) is 4.23. The van der Waals surface area contributed by atoms with Crippen LogP contribution in [-0.4, -0.2) is 12.9 Å². The van der Waals surface area contributed by atoms with Crippen LogP contribution >= 0.6 is 22.6 Å². The highest BCUT2D eigenvalue weighted by atomic mass is 127. The third kappa shape index (κ3) is 2.66. The minimum Gasteiger partial charge on any atom is -0.496 e. The molecule has 0 saturated heterocycles. The van der Waals surface area contributed by atoms with Gasteiger partial charge in [0.1, 0.15) is 5.75 Å². The van der Waals surface area contributed by atoms with Gasteiger partial charge in [0, 0.05) is 3.57 Å². The molecule has 1 aromatic carbocycles. The van der Waals surface area contributed by atoms with Crippen LogP contribution in [0.3, 0.4) is 0 Å². The third-order valence-corrected chi connectivity index (χ3v) is 2.80. The lowest BCUT2D eigenvalue weighted by Crippen LogP contribution is -2.09. The quantitative estimate of drug-likeness (QED) is 0.606. The van der Waals surface area contributed by atoms with E-state index >= 15 is 0 Å². The Balaban J connectivity index is 3.44. The number of carbonyl (C=O) groups excluding carboxylic acids is 1. The highest BCUT2D eigenvalue weighted by molar-refractivity contribution is 14.1. The molecule has 0 radical (unpaired) electrons. The van der Waals surface area contributed by atoms with Gasteiger partial charge in [0.25, 0.3) is 0 Å². The van der Waals surface area contributed by atoms with E-state index in [1.165, 1.54) is 14.0 Å². The Morgan fingerprint density at radius 3 is 2.31 bits per heavy atom. The molecule has 0 saturated carbocycles. The van der Waals surface area contributed by atoms with Gasteiger partial charge in [0.2, 0.25) is 0 Å². The molecule has 0 aliphatic carbocycles. The molecule has 6 heteroatoms. The van der Waals surface area contributed by atoms with E-state index < -0.39 is 11.7 Å². The van der Waals surface area contributed by atoms with Crippen LogP contribution in [0.15, 0.2) is 12.1 Å². The van der Waals surface area contributed by atoms with Gasteiger partial charge in [-0.15, -0.1) is 0 Å². The van der Waals surface area contributed by atoms with Crippen LogP contribution < -0.4 is 4.74 Å². The van der Waals surface area contributed by atoms with E-state index in [9.17, 15) is 18.0 Å². The zero-order chi connectivity index (χ0) is 12.5. The maximum atomic E-state index is 12.5. The number of Topliss-reactive ketones (excluding diaryl/α,β-unsaturated/α-hetero) is 1. The number of ketones is 1. The summed E-state index contributed by atoms with van der Waals surface area (Å²) in [7, 11) is 1.23. The lowest BCUT2D eigenvalue weighted by molar-refractivity contribution is -0.137. The van der Waals surface area contributed by atoms with Crippen LogP contribution in [0.1, 0.15) is 22.8 Å². The molecule has 0 amide bonds. The van der Waals surface area contributed by atoms with Crippen molar-refractivity contribution < 1.29 is 22.7 Å². The highest BCUT2D eigenvalue weighted by Crippen LogP contribution is 2.35. The van der Waals surface area contributed by atoms with Crippen LogP contribution in [0.2, 0.25) is 0 Å². The molecule has 0 bridgehead atoms. The van der Waals surface area contributed by atoms with Gasteiger partial charge in [-0.05, 0) is 41.6 Å². The fourth-order valence-electron chi connectivity index (χ4n) is 1.25. The third-order valence-electron chi connectivity index (χ3n) is 1.95. The van der Waals surface area contributed by atoms with Crippen molar-refractivity contribution in [3.8, 4) is 5.75 Å². The van der Waals surface area contributed by atoms with Crippen molar-refractivity contribution in [3.05, 3.63) is 26.8 Å². The molecule has 88 valence electrons. The molecule has 0 aromatic heterocycles. The van der Waals surface area contributed by atoms with E-state index in [-0.39, 0.29) is 20.7 Å². The average Bonchev–Trinajstić information content (AvgIpc) is 2.14. The molecule has 0 atom stereocenters. The second-order valence-electron chi connectivity index (χ2n) is 3.09. The number of ether oxygens (including phenoxy) is 1. The van der Waals surface area contributed by atoms with Crippen molar-refractivity contribution in [2.24, 2.45) is 0 Å². The summed E-state index contributed by atoms with van der Waals surface area (Å²) >= 11 is 1.69. The zero-order valence-electron chi connectivity index (χ0n) is 8.48.